The molecule has 1 aliphatic rings. The Balaban J connectivity index is 2.81. The van der Waals surface area contributed by atoms with Gasteiger partial charge in [-0.05, 0) is 49.4 Å². The van der Waals surface area contributed by atoms with E-state index in [9.17, 15) is 4.79 Å². The van der Waals surface area contributed by atoms with Crippen LogP contribution >= 0.6 is 27.3 Å². The molecular formula is C13H19BrN2O2S. The van der Waals surface area contributed by atoms with Gasteiger partial charge in [0, 0.05) is 31.2 Å². The first-order valence-electron chi connectivity index (χ1n) is 10.3. The lowest BCUT2D eigenvalue weighted by molar-refractivity contribution is 0.0205. The van der Waals surface area contributed by atoms with Crippen molar-refractivity contribution in [3.63, 3.8) is 0 Å². The highest BCUT2D eigenvalue weighted by Gasteiger charge is 2.28. The van der Waals surface area contributed by atoms with Crippen LogP contribution in [0.25, 0.3) is 0 Å². The van der Waals surface area contributed by atoms with Crippen LogP contribution in [-0.4, -0.2) is 34.6 Å². The molecule has 1 aromatic rings. The van der Waals surface area contributed by atoms with Gasteiger partial charge in [-0.25, -0.2) is 9.78 Å². The standard InChI is InChI=1S/C13H19BrN2O2S/c1-13(2,3)18-12(17)16-6-4-9(5-7-16)11-15-8-10(14)19-11/h8-9H,4-7H2,1-3H3/i4D2,5D2,6D2,7D2,8D,9D. The molecule has 0 unspecified atom stereocenters. The number of hydrogen-bond donors (Lipinski definition) is 0. The molecule has 0 aliphatic carbocycles. The number of nitrogens with zero attached hydrogens (tertiary/aromatic N) is 2. The Labute approximate surface area is 140 Å². The van der Waals surface area contributed by atoms with E-state index in [2.05, 4.69) is 20.9 Å². The average molecular weight is 357 g/mol. The highest BCUT2D eigenvalue weighted by molar-refractivity contribution is 9.11. The van der Waals surface area contributed by atoms with Gasteiger partial charge in [-0.3, -0.25) is 0 Å². The predicted octanol–water partition coefficient (Wildman–Crippen LogP) is 4.02. The van der Waals surface area contributed by atoms with Crippen molar-refractivity contribution in [3.8, 4) is 0 Å². The number of thiazole rings is 1. The van der Waals surface area contributed by atoms with Crippen LogP contribution in [0.1, 0.15) is 58.1 Å². The second-order valence-electron chi connectivity index (χ2n) is 4.57. The molecule has 0 bridgehead atoms. The number of ether oxygens (including phenoxy) is 1. The lowest BCUT2D eigenvalue weighted by atomic mass is 9.98. The molecule has 4 nitrogen and oxygen atoms in total. The molecule has 0 atom stereocenters. The van der Waals surface area contributed by atoms with Crippen LogP contribution in [0.4, 0.5) is 4.79 Å². The van der Waals surface area contributed by atoms with Crippen molar-refractivity contribution in [3.05, 3.63) is 15.0 Å². The van der Waals surface area contributed by atoms with E-state index >= 15 is 0 Å². The lowest BCUT2D eigenvalue weighted by Crippen LogP contribution is -2.41. The fraction of sp³-hybridized carbons (Fsp3) is 0.692. The molecule has 0 aromatic carbocycles. The summed E-state index contributed by atoms with van der Waals surface area (Å²) < 4.78 is 87.6. The van der Waals surface area contributed by atoms with Crippen LogP contribution in [0.5, 0.6) is 0 Å². The van der Waals surface area contributed by atoms with Crippen LogP contribution in [-0.2, 0) is 4.74 Å². The monoisotopic (exact) mass is 356 g/mol. The molecule has 6 heteroatoms. The van der Waals surface area contributed by atoms with Crippen LogP contribution in [0.3, 0.4) is 0 Å². The Morgan fingerprint density at radius 3 is 2.79 bits per heavy atom. The van der Waals surface area contributed by atoms with Crippen molar-refractivity contribution in [2.24, 2.45) is 0 Å². The molecule has 2 rings (SSSR count). The van der Waals surface area contributed by atoms with Crippen LogP contribution in [0, 0.1) is 0 Å². The van der Waals surface area contributed by atoms with E-state index in [1.807, 2.05) is 0 Å². The zero-order valence-electron chi connectivity index (χ0n) is 20.5. The molecule has 106 valence electrons. The first-order chi connectivity index (χ1) is 12.7. The molecule has 19 heavy (non-hydrogen) atoms. The van der Waals surface area contributed by atoms with Gasteiger partial charge in [-0.15, -0.1) is 11.3 Å². The van der Waals surface area contributed by atoms with E-state index in [1.54, 1.807) is 0 Å². The minimum Gasteiger partial charge on any atom is -0.444 e. The minimum atomic E-state index is -3.51. The first-order valence-corrected chi connectivity index (χ1v) is 6.94. The van der Waals surface area contributed by atoms with Gasteiger partial charge in [0.1, 0.15) is 5.60 Å². The summed E-state index contributed by atoms with van der Waals surface area (Å²) in [5.74, 6) is -3.24. The minimum absolute atomic E-state index is 0.0430. The molecule has 1 aliphatic heterocycles. The molecule has 0 radical (unpaired) electrons. The quantitative estimate of drug-likeness (QED) is 0.762. The van der Waals surface area contributed by atoms with Crippen LogP contribution in [0.2, 0.25) is 0 Å². The molecule has 0 saturated carbocycles. The van der Waals surface area contributed by atoms with Gasteiger partial charge in [-0.2, -0.15) is 0 Å². The van der Waals surface area contributed by atoms with E-state index in [1.165, 1.54) is 20.8 Å². The fourth-order valence-corrected chi connectivity index (χ4v) is 2.23. The van der Waals surface area contributed by atoms with Crippen LogP contribution < -0.4 is 0 Å². The van der Waals surface area contributed by atoms with Crippen molar-refractivity contribution >= 4 is 33.4 Å². The molecule has 0 N–H and O–H groups in total. The Bertz CT molecular complexity index is 791. The Kier molecular flexibility index (Phi) is 1.96. The average Bonchev–Trinajstić information content (AvgIpc) is 2.81. The van der Waals surface area contributed by atoms with Gasteiger partial charge in [0.2, 0.25) is 0 Å². The largest absolute Gasteiger partial charge is 0.444 e. The van der Waals surface area contributed by atoms with Crippen molar-refractivity contribution in [1.82, 2.24) is 9.88 Å². The zero-order valence-corrected chi connectivity index (χ0v) is 12.9. The maximum Gasteiger partial charge on any atom is 0.410 e. The number of hydrogen-bond acceptors (Lipinski definition) is 4. The maximum absolute atomic E-state index is 12.6. The number of amides is 1. The summed E-state index contributed by atoms with van der Waals surface area (Å²) in [6.45, 7) is -2.72. The molecule has 1 amide bonds. The Morgan fingerprint density at radius 2 is 2.32 bits per heavy atom. The number of rotatable bonds is 1. The molecule has 1 saturated heterocycles. The first kappa shape index (κ1) is 6.43. The topological polar surface area (TPSA) is 42.4 Å². The third-order valence-electron chi connectivity index (χ3n) is 1.81. The summed E-state index contributed by atoms with van der Waals surface area (Å²) >= 11 is 3.50. The van der Waals surface area contributed by atoms with E-state index in [0.717, 1.165) is 0 Å². The number of aromatic nitrogens is 1. The Hall–Kier alpha value is -0.620. The summed E-state index contributed by atoms with van der Waals surface area (Å²) in [5.41, 5.74) is -1.20. The highest BCUT2D eigenvalue weighted by atomic mass is 79.9. The third-order valence-corrected chi connectivity index (χ3v) is 3.23. The second kappa shape index (κ2) is 5.79. The summed E-state index contributed by atoms with van der Waals surface area (Å²) in [5, 5.41) is -0.638. The van der Waals surface area contributed by atoms with Crippen molar-refractivity contribution in [2.45, 2.75) is 45.0 Å². The van der Waals surface area contributed by atoms with Gasteiger partial charge in [0.15, 0.2) is 0 Å². The smallest absolute Gasteiger partial charge is 0.410 e. The van der Waals surface area contributed by atoms with Gasteiger partial charge >= 0.3 is 6.09 Å². The molecular weight excluding hydrogens is 328 g/mol. The number of likely N-dealkylation sites (tertiary alicyclic amines) is 1. The third kappa shape index (κ3) is 4.18. The van der Waals surface area contributed by atoms with Crippen molar-refractivity contribution in [1.29, 1.82) is 0 Å². The van der Waals surface area contributed by atoms with Crippen molar-refractivity contribution < 1.29 is 23.2 Å². The van der Waals surface area contributed by atoms with Crippen LogP contribution in [0.15, 0.2) is 9.96 Å². The van der Waals surface area contributed by atoms with Gasteiger partial charge in [0.25, 0.3) is 0 Å². The lowest BCUT2D eigenvalue weighted by Gasteiger charge is -2.32. The fourth-order valence-electron chi connectivity index (χ4n) is 1.12. The molecule has 2 heterocycles. The normalized spacial score (nSPS) is 37.6. The predicted molar refractivity (Wildman–Crippen MR) is 79.6 cm³/mol. The summed E-state index contributed by atoms with van der Waals surface area (Å²) in [4.78, 5) is 16.0. The number of halogens is 1. The number of piperidine rings is 1. The number of carbonyl (C=O) groups is 1. The van der Waals surface area contributed by atoms with E-state index in [4.69, 9.17) is 18.4 Å². The maximum atomic E-state index is 12.6. The molecule has 1 aromatic heterocycles. The number of carbonyl (C=O) groups excluding carboxylic acids is 1. The van der Waals surface area contributed by atoms with E-state index in [-0.39, 0.29) is 8.69 Å². The summed E-state index contributed by atoms with van der Waals surface area (Å²) in [6, 6.07) is 0. The Morgan fingerprint density at radius 1 is 1.68 bits per heavy atom. The second-order valence-corrected chi connectivity index (χ2v) is 6.89. The van der Waals surface area contributed by atoms with Crippen molar-refractivity contribution in [2.75, 3.05) is 13.0 Å². The van der Waals surface area contributed by atoms with E-state index < -0.39 is 54.5 Å². The van der Waals surface area contributed by atoms with Gasteiger partial charge < -0.3 is 9.64 Å². The van der Waals surface area contributed by atoms with Gasteiger partial charge in [0.05, 0.1) is 16.3 Å². The SMILES string of the molecule is [2H]c1nc(C2([2H])C([2H])([2H])C([2H])([2H])N(C(=O)OC(C)(C)C)C([2H])([2H])C2([2H])[2H])sc1Br. The zero-order chi connectivity index (χ0) is 23.0. The van der Waals surface area contributed by atoms with Gasteiger partial charge in [-0.1, -0.05) is 0 Å². The summed E-state index contributed by atoms with van der Waals surface area (Å²) in [7, 11) is 0. The highest BCUT2D eigenvalue weighted by Crippen LogP contribution is 2.33. The molecule has 0 spiro atoms. The van der Waals surface area contributed by atoms with E-state index in [0.29, 0.717) is 11.3 Å². The summed E-state index contributed by atoms with van der Waals surface area (Å²) in [6.07, 6.45) is -9.02. The molecule has 1 fully saturated rings.